The number of nitrogen functional groups attached to an aromatic ring is 1. The van der Waals surface area contributed by atoms with Gasteiger partial charge in [-0.05, 0) is 35.1 Å². The van der Waals surface area contributed by atoms with Crippen molar-refractivity contribution in [2.75, 3.05) is 12.8 Å². The van der Waals surface area contributed by atoms with E-state index in [1.54, 1.807) is 11.8 Å². The van der Waals surface area contributed by atoms with Crippen molar-refractivity contribution in [1.29, 1.82) is 0 Å². The highest BCUT2D eigenvalue weighted by Crippen LogP contribution is 2.38. The Kier molecular flexibility index (Phi) is 4.26. The molecule has 0 radical (unpaired) electrons. The van der Waals surface area contributed by atoms with Crippen LogP contribution in [0, 0.1) is 0 Å². The molecule has 1 aromatic carbocycles. The molecule has 0 saturated heterocycles. The van der Waals surface area contributed by atoms with Gasteiger partial charge in [-0.25, -0.2) is 0 Å². The topological polar surface area (TPSA) is 53.1 Å². The van der Waals surface area contributed by atoms with Gasteiger partial charge in [0.1, 0.15) is 11.6 Å². The Morgan fingerprint density at radius 2 is 1.57 bits per heavy atom. The molecule has 0 spiro atoms. The molecule has 0 aliphatic carbocycles. The van der Waals surface area contributed by atoms with Crippen LogP contribution >= 0.6 is 0 Å². The van der Waals surface area contributed by atoms with Crippen LogP contribution in [0.5, 0.6) is 5.75 Å². The van der Waals surface area contributed by atoms with E-state index in [1.807, 2.05) is 13.1 Å². The predicted molar refractivity (Wildman–Crippen MR) is 87.8 cm³/mol. The van der Waals surface area contributed by atoms with Crippen LogP contribution in [-0.2, 0) is 7.05 Å². The largest absolute Gasteiger partial charge is 0.496 e. The lowest BCUT2D eigenvalue weighted by Crippen LogP contribution is -2.02. The fourth-order valence-electron chi connectivity index (χ4n) is 2.54. The maximum atomic E-state index is 5.91. The first-order valence-electron chi connectivity index (χ1n) is 7.36. The molecular weight excluding hydrogens is 262 g/mol. The summed E-state index contributed by atoms with van der Waals surface area (Å²) < 4.78 is 7.37. The Morgan fingerprint density at radius 1 is 1.05 bits per heavy atom. The van der Waals surface area contributed by atoms with Crippen LogP contribution in [0.4, 0.5) is 5.82 Å². The van der Waals surface area contributed by atoms with Gasteiger partial charge in [0.2, 0.25) is 0 Å². The van der Waals surface area contributed by atoms with Crippen molar-refractivity contribution in [3.63, 3.8) is 0 Å². The molecule has 21 heavy (non-hydrogen) atoms. The third-order valence-corrected chi connectivity index (χ3v) is 3.81. The van der Waals surface area contributed by atoms with Gasteiger partial charge >= 0.3 is 0 Å². The zero-order chi connectivity index (χ0) is 15.7. The first-order chi connectivity index (χ1) is 9.85. The Hall–Kier alpha value is -1.97. The van der Waals surface area contributed by atoms with E-state index in [0.717, 1.165) is 17.0 Å². The number of nitrogens with two attached hydrogens (primary N) is 1. The second kappa shape index (κ2) is 5.80. The van der Waals surface area contributed by atoms with Crippen LogP contribution in [0.3, 0.4) is 0 Å². The second-order valence-electron chi connectivity index (χ2n) is 6.08. The van der Waals surface area contributed by atoms with Crippen LogP contribution in [0.15, 0.2) is 18.2 Å². The molecule has 0 bridgehead atoms. The third kappa shape index (κ3) is 2.89. The highest BCUT2D eigenvalue weighted by Gasteiger charge is 2.18. The van der Waals surface area contributed by atoms with E-state index in [9.17, 15) is 0 Å². The van der Waals surface area contributed by atoms with Crippen LogP contribution in [0.2, 0.25) is 0 Å². The van der Waals surface area contributed by atoms with Gasteiger partial charge in [-0.15, -0.1) is 0 Å². The SMILES string of the molecule is COc1c(C(C)C)cc(-c2cc(N)n(C)n2)cc1C(C)C. The molecule has 0 aliphatic heterocycles. The minimum atomic E-state index is 0.387. The maximum Gasteiger partial charge on any atom is 0.125 e. The van der Waals surface area contributed by atoms with Crippen molar-refractivity contribution >= 4 is 5.82 Å². The summed E-state index contributed by atoms with van der Waals surface area (Å²) in [6.07, 6.45) is 0. The van der Waals surface area contributed by atoms with E-state index >= 15 is 0 Å². The molecule has 2 rings (SSSR count). The summed E-state index contributed by atoms with van der Waals surface area (Å²) >= 11 is 0. The monoisotopic (exact) mass is 287 g/mol. The number of rotatable bonds is 4. The lowest BCUT2D eigenvalue weighted by Gasteiger charge is -2.19. The van der Waals surface area contributed by atoms with Crippen LogP contribution in [0.1, 0.15) is 50.7 Å². The summed E-state index contributed by atoms with van der Waals surface area (Å²) in [4.78, 5) is 0. The number of benzene rings is 1. The summed E-state index contributed by atoms with van der Waals surface area (Å²) in [5.41, 5.74) is 10.3. The number of aryl methyl sites for hydroxylation is 1. The molecule has 4 heteroatoms. The average Bonchev–Trinajstić information content (AvgIpc) is 2.76. The predicted octanol–water partition coefficient (Wildman–Crippen LogP) is 3.92. The Labute approximate surface area is 126 Å². The minimum absolute atomic E-state index is 0.387. The van der Waals surface area contributed by atoms with Crippen molar-refractivity contribution < 1.29 is 4.74 Å². The number of nitrogens with zero attached hydrogens (tertiary/aromatic N) is 2. The molecule has 0 atom stereocenters. The van der Waals surface area contributed by atoms with Crippen LogP contribution in [-0.4, -0.2) is 16.9 Å². The molecule has 2 aromatic rings. The zero-order valence-electron chi connectivity index (χ0n) is 13.8. The molecule has 114 valence electrons. The fraction of sp³-hybridized carbons (Fsp3) is 0.471. The van der Waals surface area contributed by atoms with Gasteiger partial charge in [0.15, 0.2) is 0 Å². The molecule has 1 aromatic heterocycles. The number of ether oxygens (including phenoxy) is 1. The molecule has 0 fully saturated rings. The first kappa shape index (κ1) is 15.4. The van der Waals surface area contributed by atoms with E-state index in [1.165, 1.54) is 11.1 Å². The Morgan fingerprint density at radius 3 is 1.90 bits per heavy atom. The maximum absolute atomic E-state index is 5.91. The van der Waals surface area contributed by atoms with Gasteiger partial charge in [0, 0.05) is 18.7 Å². The van der Waals surface area contributed by atoms with Crippen molar-refractivity contribution in [3.8, 4) is 17.0 Å². The summed E-state index contributed by atoms with van der Waals surface area (Å²) in [5, 5.41) is 4.49. The van der Waals surface area contributed by atoms with Crippen LogP contribution in [0.25, 0.3) is 11.3 Å². The minimum Gasteiger partial charge on any atom is -0.496 e. The van der Waals surface area contributed by atoms with Gasteiger partial charge in [-0.1, -0.05) is 27.7 Å². The summed E-state index contributed by atoms with van der Waals surface area (Å²) in [5.74, 6) is 2.43. The molecule has 0 unspecified atom stereocenters. The summed E-state index contributed by atoms with van der Waals surface area (Å²) in [6, 6.07) is 6.24. The van der Waals surface area contributed by atoms with Crippen molar-refractivity contribution in [2.24, 2.45) is 7.05 Å². The molecular formula is C17H25N3O. The molecule has 2 N–H and O–H groups in total. The quantitative estimate of drug-likeness (QED) is 0.927. The number of hydrogen-bond acceptors (Lipinski definition) is 3. The number of hydrogen-bond donors (Lipinski definition) is 1. The number of methoxy groups -OCH3 is 1. The lowest BCUT2D eigenvalue weighted by atomic mass is 9.90. The highest BCUT2D eigenvalue weighted by molar-refractivity contribution is 5.67. The van der Waals surface area contributed by atoms with E-state index in [2.05, 4.69) is 44.9 Å². The molecule has 1 heterocycles. The van der Waals surface area contributed by atoms with Crippen LogP contribution < -0.4 is 10.5 Å². The van der Waals surface area contributed by atoms with Crippen molar-refractivity contribution in [3.05, 3.63) is 29.3 Å². The van der Waals surface area contributed by atoms with Gasteiger partial charge in [-0.3, -0.25) is 4.68 Å². The van der Waals surface area contributed by atoms with E-state index in [-0.39, 0.29) is 0 Å². The average molecular weight is 287 g/mol. The van der Waals surface area contributed by atoms with Gasteiger partial charge in [0.25, 0.3) is 0 Å². The summed E-state index contributed by atoms with van der Waals surface area (Å²) in [7, 11) is 3.60. The lowest BCUT2D eigenvalue weighted by molar-refractivity contribution is 0.400. The number of anilines is 1. The first-order valence-corrected chi connectivity index (χ1v) is 7.36. The molecule has 4 nitrogen and oxygen atoms in total. The normalized spacial score (nSPS) is 11.4. The van der Waals surface area contributed by atoms with Gasteiger partial charge in [0.05, 0.1) is 12.8 Å². The third-order valence-electron chi connectivity index (χ3n) is 3.81. The second-order valence-corrected chi connectivity index (χ2v) is 6.08. The van der Waals surface area contributed by atoms with Gasteiger partial charge in [-0.2, -0.15) is 5.10 Å². The standard InChI is InChI=1S/C17H25N3O/c1-10(2)13-7-12(15-9-16(18)20(5)19-15)8-14(11(3)4)17(13)21-6/h7-11H,18H2,1-6H3. The van der Waals surface area contributed by atoms with E-state index in [0.29, 0.717) is 17.7 Å². The molecule has 0 saturated carbocycles. The Bertz CT molecular complexity index is 593. The smallest absolute Gasteiger partial charge is 0.125 e. The van der Waals surface area contributed by atoms with E-state index in [4.69, 9.17) is 10.5 Å². The molecule has 0 aliphatic rings. The number of aromatic nitrogens is 2. The van der Waals surface area contributed by atoms with E-state index < -0.39 is 0 Å². The fourth-order valence-corrected chi connectivity index (χ4v) is 2.54. The zero-order valence-corrected chi connectivity index (χ0v) is 13.8. The highest BCUT2D eigenvalue weighted by atomic mass is 16.5. The molecule has 0 amide bonds. The Balaban J connectivity index is 2.67. The van der Waals surface area contributed by atoms with Gasteiger partial charge < -0.3 is 10.5 Å². The van der Waals surface area contributed by atoms with Crippen molar-refractivity contribution in [1.82, 2.24) is 9.78 Å². The summed E-state index contributed by atoms with van der Waals surface area (Å²) in [6.45, 7) is 8.72. The van der Waals surface area contributed by atoms with Crippen molar-refractivity contribution in [2.45, 2.75) is 39.5 Å².